The lowest BCUT2D eigenvalue weighted by Gasteiger charge is -2.15. The molecule has 2 amide bonds. The van der Waals surface area contributed by atoms with Gasteiger partial charge in [-0.15, -0.1) is 6.42 Å². The van der Waals surface area contributed by atoms with Crippen molar-refractivity contribution in [2.24, 2.45) is 0 Å². The van der Waals surface area contributed by atoms with Gasteiger partial charge in [-0.25, -0.2) is 4.98 Å². The van der Waals surface area contributed by atoms with Crippen molar-refractivity contribution in [2.45, 2.75) is 19.4 Å². The topological polar surface area (TPSA) is 74.3 Å². The first-order valence-corrected chi connectivity index (χ1v) is 8.97. The number of pyridine rings is 1. The number of carbonyl (C=O) groups excluding carboxylic acids is 2. The van der Waals surface area contributed by atoms with Crippen LogP contribution in [-0.4, -0.2) is 41.3 Å². The molecule has 0 spiro atoms. The van der Waals surface area contributed by atoms with Crippen LogP contribution in [0.1, 0.15) is 39.1 Å². The fourth-order valence-corrected chi connectivity index (χ4v) is 2.98. The van der Waals surface area contributed by atoms with Crippen LogP contribution >= 0.6 is 0 Å². The van der Waals surface area contributed by atoms with Gasteiger partial charge >= 0.3 is 0 Å². The molecule has 2 heterocycles. The molecule has 0 bridgehead atoms. The first-order valence-electron chi connectivity index (χ1n) is 8.97. The number of amides is 2. The predicted molar refractivity (Wildman–Crippen MR) is 104 cm³/mol. The van der Waals surface area contributed by atoms with Gasteiger partial charge in [0.1, 0.15) is 5.82 Å². The smallest absolute Gasteiger partial charge is 0.253 e. The van der Waals surface area contributed by atoms with E-state index in [4.69, 9.17) is 6.42 Å². The van der Waals surface area contributed by atoms with Crippen LogP contribution in [0, 0.1) is 12.3 Å². The van der Waals surface area contributed by atoms with Crippen molar-refractivity contribution in [1.82, 2.24) is 15.2 Å². The zero-order valence-corrected chi connectivity index (χ0v) is 15.1. The molecule has 0 unspecified atom stereocenters. The average Bonchev–Trinajstić information content (AvgIpc) is 3.25. The number of terminal acetylenes is 1. The Morgan fingerprint density at radius 1 is 1.15 bits per heavy atom. The summed E-state index contributed by atoms with van der Waals surface area (Å²) in [6.45, 7) is 2.40. The summed E-state index contributed by atoms with van der Waals surface area (Å²) in [4.78, 5) is 30.4. The Balaban J connectivity index is 1.58. The van der Waals surface area contributed by atoms with Crippen molar-refractivity contribution >= 4 is 17.6 Å². The van der Waals surface area contributed by atoms with E-state index in [2.05, 4.69) is 21.5 Å². The fourth-order valence-electron chi connectivity index (χ4n) is 2.98. The van der Waals surface area contributed by atoms with Gasteiger partial charge in [-0.2, -0.15) is 0 Å². The molecule has 138 valence electrons. The molecule has 1 aromatic carbocycles. The van der Waals surface area contributed by atoms with Crippen LogP contribution in [0.4, 0.5) is 5.82 Å². The SMILES string of the molecule is C#CCNC(=O)c1ccc(NCc2cccc(C(=O)N3CCCC3)c2)nc1. The van der Waals surface area contributed by atoms with Crippen LogP contribution in [0.2, 0.25) is 0 Å². The maximum atomic E-state index is 12.5. The van der Waals surface area contributed by atoms with Crippen molar-refractivity contribution in [3.63, 3.8) is 0 Å². The summed E-state index contributed by atoms with van der Waals surface area (Å²) < 4.78 is 0. The second-order valence-electron chi connectivity index (χ2n) is 6.37. The second-order valence-corrected chi connectivity index (χ2v) is 6.37. The molecular weight excluding hydrogens is 340 g/mol. The van der Waals surface area contributed by atoms with E-state index < -0.39 is 0 Å². The quantitative estimate of drug-likeness (QED) is 0.774. The molecule has 27 heavy (non-hydrogen) atoms. The number of hydrogen-bond donors (Lipinski definition) is 2. The van der Waals surface area contributed by atoms with E-state index in [1.807, 2.05) is 29.2 Å². The normalized spacial score (nSPS) is 13.1. The third-order valence-electron chi connectivity index (χ3n) is 4.42. The van der Waals surface area contributed by atoms with Gasteiger partial charge in [0.2, 0.25) is 0 Å². The van der Waals surface area contributed by atoms with Crippen LogP contribution in [0.15, 0.2) is 42.6 Å². The van der Waals surface area contributed by atoms with Crippen LogP contribution in [0.5, 0.6) is 0 Å². The molecule has 1 saturated heterocycles. The summed E-state index contributed by atoms with van der Waals surface area (Å²) in [6, 6.07) is 11.1. The van der Waals surface area contributed by atoms with E-state index in [0.29, 0.717) is 23.5 Å². The van der Waals surface area contributed by atoms with E-state index in [1.165, 1.54) is 6.20 Å². The molecule has 0 atom stereocenters. The highest BCUT2D eigenvalue weighted by atomic mass is 16.2. The van der Waals surface area contributed by atoms with E-state index in [-0.39, 0.29) is 18.4 Å². The maximum absolute atomic E-state index is 12.5. The summed E-state index contributed by atoms with van der Waals surface area (Å²) in [5, 5.41) is 5.80. The summed E-state index contributed by atoms with van der Waals surface area (Å²) in [7, 11) is 0. The number of likely N-dealkylation sites (tertiary alicyclic amines) is 1. The van der Waals surface area contributed by atoms with Crippen molar-refractivity contribution in [3.05, 3.63) is 59.3 Å². The Labute approximate surface area is 159 Å². The molecule has 2 aromatic rings. The average molecular weight is 362 g/mol. The van der Waals surface area contributed by atoms with Gasteiger partial charge in [0.15, 0.2) is 0 Å². The minimum atomic E-state index is -0.250. The lowest BCUT2D eigenvalue weighted by atomic mass is 10.1. The van der Waals surface area contributed by atoms with E-state index in [9.17, 15) is 9.59 Å². The predicted octanol–water partition coefficient (Wildman–Crippen LogP) is 2.29. The van der Waals surface area contributed by atoms with Crippen molar-refractivity contribution in [1.29, 1.82) is 0 Å². The minimum Gasteiger partial charge on any atom is -0.366 e. The molecule has 3 rings (SSSR count). The Morgan fingerprint density at radius 3 is 2.67 bits per heavy atom. The number of carbonyl (C=O) groups is 2. The largest absolute Gasteiger partial charge is 0.366 e. The van der Waals surface area contributed by atoms with E-state index >= 15 is 0 Å². The molecule has 1 aliphatic rings. The molecule has 0 radical (unpaired) electrons. The molecular formula is C21H22N4O2. The molecule has 1 aromatic heterocycles. The second kappa shape index (κ2) is 8.86. The van der Waals surface area contributed by atoms with E-state index in [0.717, 1.165) is 31.5 Å². The van der Waals surface area contributed by atoms with Gasteiger partial charge in [0.25, 0.3) is 11.8 Å². The van der Waals surface area contributed by atoms with Crippen molar-refractivity contribution in [3.8, 4) is 12.3 Å². The molecule has 6 nitrogen and oxygen atoms in total. The van der Waals surface area contributed by atoms with Gasteiger partial charge in [-0.1, -0.05) is 18.1 Å². The van der Waals surface area contributed by atoms with Crippen molar-refractivity contribution in [2.75, 3.05) is 25.0 Å². The third kappa shape index (κ3) is 4.85. The minimum absolute atomic E-state index is 0.0924. The molecule has 1 fully saturated rings. The maximum Gasteiger partial charge on any atom is 0.253 e. The number of nitrogens with zero attached hydrogens (tertiary/aromatic N) is 2. The first kappa shape index (κ1) is 18.5. The Morgan fingerprint density at radius 2 is 1.96 bits per heavy atom. The Bertz CT molecular complexity index is 849. The van der Waals surface area contributed by atoms with Gasteiger partial charge < -0.3 is 15.5 Å². The van der Waals surface area contributed by atoms with Crippen LogP contribution in [0.25, 0.3) is 0 Å². The molecule has 0 saturated carbocycles. The molecule has 6 heteroatoms. The zero-order chi connectivity index (χ0) is 19.1. The number of hydrogen-bond acceptors (Lipinski definition) is 4. The standard InChI is InChI=1S/C21H22N4O2/c1-2-10-22-20(26)18-8-9-19(24-15-18)23-14-16-6-5-7-17(13-16)21(27)25-11-3-4-12-25/h1,5-9,13,15H,3-4,10-12,14H2,(H,22,26)(H,23,24). The molecule has 0 aliphatic carbocycles. The number of nitrogens with one attached hydrogen (secondary N) is 2. The highest BCUT2D eigenvalue weighted by Gasteiger charge is 2.19. The first-order chi connectivity index (χ1) is 13.2. The van der Waals surface area contributed by atoms with Gasteiger partial charge in [-0.05, 0) is 42.7 Å². The highest BCUT2D eigenvalue weighted by molar-refractivity contribution is 5.95. The molecule has 2 N–H and O–H groups in total. The van der Waals surface area contributed by atoms with Gasteiger partial charge in [0.05, 0.1) is 12.1 Å². The number of aromatic nitrogens is 1. The Hall–Kier alpha value is -3.33. The lowest BCUT2D eigenvalue weighted by Crippen LogP contribution is -2.27. The Kier molecular flexibility index (Phi) is 6.06. The number of anilines is 1. The summed E-state index contributed by atoms with van der Waals surface area (Å²) in [5.41, 5.74) is 2.16. The molecule has 1 aliphatic heterocycles. The van der Waals surface area contributed by atoms with Crippen LogP contribution in [0.3, 0.4) is 0 Å². The lowest BCUT2D eigenvalue weighted by molar-refractivity contribution is 0.0792. The van der Waals surface area contributed by atoms with Crippen LogP contribution in [-0.2, 0) is 6.54 Å². The number of benzene rings is 1. The summed E-state index contributed by atoms with van der Waals surface area (Å²) in [5.74, 6) is 2.85. The zero-order valence-electron chi connectivity index (χ0n) is 15.1. The van der Waals surface area contributed by atoms with E-state index in [1.54, 1.807) is 12.1 Å². The highest BCUT2D eigenvalue weighted by Crippen LogP contribution is 2.15. The summed E-state index contributed by atoms with van der Waals surface area (Å²) >= 11 is 0. The monoisotopic (exact) mass is 362 g/mol. The van der Waals surface area contributed by atoms with Crippen LogP contribution < -0.4 is 10.6 Å². The van der Waals surface area contributed by atoms with Crippen molar-refractivity contribution < 1.29 is 9.59 Å². The third-order valence-corrected chi connectivity index (χ3v) is 4.42. The van der Waals surface area contributed by atoms with Gasteiger partial charge in [0, 0.05) is 31.4 Å². The summed E-state index contributed by atoms with van der Waals surface area (Å²) in [6.07, 6.45) is 8.78. The van der Waals surface area contributed by atoms with Gasteiger partial charge in [-0.3, -0.25) is 9.59 Å². The fraction of sp³-hybridized carbons (Fsp3) is 0.286. The number of rotatable bonds is 6.